The van der Waals surface area contributed by atoms with E-state index in [0.717, 1.165) is 26.7 Å². The van der Waals surface area contributed by atoms with Gasteiger partial charge in [-0.1, -0.05) is 53.0 Å². The van der Waals surface area contributed by atoms with E-state index < -0.39 is 0 Å². The predicted octanol–water partition coefficient (Wildman–Crippen LogP) is 5.37. The number of hydrogen-bond donors (Lipinski definition) is 1. The standard InChI is InChI=1S/C19H15N3O2S2/c1-11(23)17-16(12-6-4-3-5-7-12)21-19(26-17)22-18-20-14-10-13(24-2)8-9-15(14)25-18/h3-10H,1-2H3,(H,20,21,22). The molecule has 130 valence electrons. The molecule has 0 saturated heterocycles. The van der Waals surface area contributed by atoms with Crippen LogP contribution in [-0.4, -0.2) is 22.9 Å². The van der Waals surface area contributed by atoms with Gasteiger partial charge in [-0.25, -0.2) is 9.97 Å². The van der Waals surface area contributed by atoms with Gasteiger partial charge >= 0.3 is 0 Å². The lowest BCUT2D eigenvalue weighted by atomic mass is 10.1. The average Bonchev–Trinajstić information content (AvgIpc) is 3.25. The highest BCUT2D eigenvalue weighted by Gasteiger charge is 2.17. The van der Waals surface area contributed by atoms with Crippen LogP contribution in [0, 0.1) is 0 Å². The molecule has 26 heavy (non-hydrogen) atoms. The van der Waals surface area contributed by atoms with Crippen molar-refractivity contribution in [3.63, 3.8) is 0 Å². The van der Waals surface area contributed by atoms with E-state index >= 15 is 0 Å². The van der Waals surface area contributed by atoms with Crippen LogP contribution in [0.2, 0.25) is 0 Å². The van der Waals surface area contributed by atoms with E-state index in [-0.39, 0.29) is 5.78 Å². The number of benzene rings is 2. The second kappa shape index (κ2) is 6.86. The number of aromatic nitrogens is 2. The van der Waals surface area contributed by atoms with Gasteiger partial charge in [-0.3, -0.25) is 4.79 Å². The van der Waals surface area contributed by atoms with Gasteiger partial charge in [-0.15, -0.1) is 0 Å². The number of carbonyl (C=O) groups excluding carboxylic acids is 1. The van der Waals surface area contributed by atoms with Gasteiger partial charge in [0.05, 0.1) is 27.9 Å². The maximum absolute atomic E-state index is 12.0. The molecule has 5 nitrogen and oxygen atoms in total. The number of anilines is 2. The van der Waals surface area contributed by atoms with Gasteiger partial charge in [-0.05, 0) is 12.1 Å². The number of ketones is 1. The molecule has 0 atom stereocenters. The van der Waals surface area contributed by atoms with Gasteiger partial charge in [0.25, 0.3) is 0 Å². The molecule has 4 aromatic rings. The first-order chi connectivity index (χ1) is 12.6. The first-order valence-corrected chi connectivity index (χ1v) is 9.56. The fraction of sp³-hybridized carbons (Fsp3) is 0.105. The number of thiazole rings is 2. The Morgan fingerprint density at radius 3 is 2.54 bits per heavy atom. The molecule has 2 aromatic carbocycles. The van der Waals surface area contributed by atoms with E-state index in [2.05, 4.69) is 15.3 Å². The molecule has 0 aliphatic heterocycles. The first kappa shape index (κ1) is 16.7. The summed E-state index contributed by atoms with van der Waals surface area (Å²) in [6.45, 7) is 1.56. The Labute approximate surface area is 158 Å². The normalized spacial score (nSPS) is 10.8. The largest absolute Gasteiger partial charge is 0.497 e. The van der Waals surface area contributed by atoms with Crippen molar-refractivity contribution >= 4 is 48.9 Å². The number of carbonyl (C=O) groups is 1. The van der Waals surface area contributed by atoms with Gasteiger partial charge in [0.1, 0.15) is 5.75 Å². The number of nitrogens with one attached hydrogen (secondary N) is 1. The van der Waals surface area contributed by atoms with Gasteiger partial charge in [0, 0.05) is 18.6 Å². The third-order valence-corrected chi connectivity index (χ3v) is 5.83. The number of hydrogen-bond acceptors (Lipinski definition) is 7. The highest BCUT2D eigenvalue weighted by atomic mass is 32.1. The summed E-state index contributed by atoms with van der Waals surface area (Å²) in [6.07, 6.45) is 0. The minimum Gasteiger partial charge on any atom is -0.497 e. The number of rotatable bonds is 5. The Bertz CT molecular complexity index is 1090. The van der Waals surface area contributed by atoms with Crippen LogP contribution >= 0.6 is 22.7 Å². The molecule has 0 saturated carbocycles. The molecular formula is C19H15N3O2S2. The van der Waals surface area contributed by atoms with Gasteiger partial charge in [-0.2, -0.15) is 0 Å². The van der Waals surface area contributed by atoms with Crippen molar-refractivity contribution < 1.29 is 9.53 Å². The lowest BCUT2D eigenvalue weighted by Crippen LogP contribution is -1.91. The van der Waals surface area contributed by atoms with Crippen LogP contribution < -0.4 is 10.1 Å². The summed E-state index contributed by atoms with van der Waals surface area (Å²) in [5.41, 5.74) is 2.49. The van der Waals surface area contributed by atoms with Crippen molar-refractivity contribution in [2.45, 2.75) is 6.92 Å². The number of nitrogens with zero attached hydrogens (tertiary/aromatic N) is 2. The van der Waals surface area contributed by atoms with Crippen LogP contribution in [0.15, 0.2) is 48.5 Å². The molecule has 4 rings (SSSR count). The Morgan fingerprint density at radius 2 is 1.81 bits per heavy atom. The molecule has 0 unspecified atom stereocenters. The quantitative estimate of drug-likeness (QED) is 0.471. The SMILES string of the molecule is COc1ccc2sc(Nc3nc(-c4ccccc4)c(C(C)=O)s3)nc2c1. The average molecular weight is 381 g/mol. The predicted molar refractivity (Wildman–Crippen MR) is 107 cm³/mol. The Morgan fingerprint density at radius 1 is 1.04 bits per heavy atom. The summed E-state index contributed by atoms with van der Waals surface area (Å²) in [4.78, 5) is 21.9. The Balaban J connectivity index is 1.69. The molecule has 2 aromatic heterocycles. The zero-order chi connectivity index (χ0) is 18.1. The minimum absolute atomic E-state index is 0.00318. The molecule has 0 fully saturated rings. The lowest BCUT2D eigenvalue weighted by Gasteiger charge is -1.98. The number of Topliss-reactive ketones (excluding diaryl/α,β-unsaturated/α-hetero) is 1. The molecule has 0 radical (unpaired) electrons. The number of fused-ring (bicyclic) bond motifs is 1. The van der Waals surface area contributed by atoms with Crippen LogP contribution in [0.1, 0.15) is 16.6 Å². The third-order valence-electron chi connectivity index (χ3n) is 3.80. The molecule has 7 heteroatoms. The zero-order valence-electron chi connectivity index (χ0n) is 14.1. The van der Waals surface area contributed by atoms with Crippen LogP contribution in [0.5, 0.6) is 5.75 Å². The van der Waals surface area contributed by atoms with Crippen molar-refractivity contribution in [2.24, 2.45) is 0 Å². The highest BCUT2D eigenvalue weighted by molar-refractivity contribution is 7.23. The summed E-state index contributed by atoms with van der Waals surface area (Å²) < 4.78 is 6.30. The van der Waals surface area contributed by atoms with Gasteiger partial charge in [0.2, 0.25) is 0 Å². The molecule has 1 N–H and O–H groups in total. The van der Waals surface area contributed by atoms with Crippen LogP contribution in [0.3, 0.4) is 0 Å². The van der Waals surface area contributed by atoms with Crippen molar-refractivity contribution in [3.05, 3.63) is 53.4 Å². The van der Waals surface area contributed by atoms with E-state index in [9.17, 15) is 4.79 Å². The summed E-state index contributed by atoms with van der Waals surface area (Å²) in [7, 11) is 1.64. The maximum atomic E-state index is 12.0. The van der Waals surface area contributed by atoms with Crippen molar-refractivity contribution in [1.82, 2.24) is 9.97 Å². The molecule has 0 aliphatic carbocycles. The van der Waals surface area contributed by atoms with E-state index in [1.165, 1.54) is 22.7 Å². The minimum atomic E-state index is 0.00318. The Kier molecular flexibility index (Phi) is 4.40. The molecular weight excluding hydrogens is 366 g/mol. The van der Waals surface area contributed by atoms with Crippen molar-refractivity contribution in [1.29, 1.82) is 0 Å². The molecule has 0 amide bonds. The van der Waals surface area contributed by atoms with Gasteiger partial charge in [0.15, 0.2) is 16.0 Å². The highest BCUT2D eigenvalue weighted by Crippen LogP contribution is 2.35. The summed E-state index contributed by atoms with van der Waals surface area (Å²) >= 11 is 2.88. The summed E-state index contributed by atoms with van der Waals surface area (Å²) in [6, 6.07) is 15.5. The second-order valence-corrected chi connectivity index (χ2v) is 7.63. The van der Waals surface area contributed by atoms with Crippen LogP contribution in [0.25, 0.3) is 21.5 Å². The molecule has 0 bridgehead atoms. The fourth-order valence-electron chi connectivity index (χ4n) is 2.58. The van der Waals surface area contributed by atoms with E-state index in [0.29, 0.717) is 15.7 Å². The van der Waals surface area contributed by atoms with E-state index in [1.807, 2.05) is 48.5 Å². The monoisotopic (exact) mass is 381 g/mol. The van der Waals surface area contributed by atoms with Gasteiger partial charge < -0.3 is 10.1 Å². The lowest BCUT2D eigenvalue weighted by molar-refractivity contribution is 0.102. The van der Waals surface area contributed by atoms with Crippen molar-refractivity contribution in [3.8, 4) is 17.0 Å². The molecule has 0 aliphatic rings. The summed E-state index contributed by atoms with van der Waals surface area (Å²) in [5, 5.41) is 4.62. The fourth-order valence-corrected chi connectivity index (χ4v) is 4.37. The van der Waals surface area contributed by atoms with E-state index in [4.69, 9.17) is 4.74 Å². The maximum Gasteiger partial charge on any atom is 0.190 e. The third kappa shape index (κ3) is 3.18. The molecule has 0 spiro atoms. The molecule has 2 heterocycles. The van der Waals surface area contributed by atoms with Crippen molar-refractivity contribution in [2.75, 3.05) is 12.4 Å². The number of ether oxygens (including phenoxy) is 1. The second-order valence-electron chi connectivity index (χ2n) is 5.60. The zero-order valence-corrected chi connectivity index (χ0v) is 15.8. The smallest absolute Gasteiger partial charge is 0.190 e. The number of methoxy groups -OCH3 is 1. The summed E-state index contributed by atoms with van der Waals surface area (Å²) in [5.74, 6) is 0.775. The Hall–Kier alpha value is -2.77. The topological polar surface area (TPSA) is 64.1 Å². The van der Waals surface area contributed by atoms with E-state index in [1.54, 1.807) is 14.0 Å². The van der Waals surface area contributed by atoms with Crippen LogP contribution in [-0.2, 0) is 0 Å². The van der Waals surface area contributed by atoms with Crippen LogP contribution in [0.4, 0.5) is 10.3 Å². The first-order valence-electron chi connectivity index (χ1n) is 7.93.